The lowest BCUT2D eigenvalue weighted by atomic mass is 9.83. The average Bonchev–Trinajstić information content (AvgIpc) is 3.85. The van der Waals surface area contributed by atoms with Crippen LogP contribution in [0.4, 0.5) is 0 Å². The summed E-state index contributed by atoms with van der Waals surface area (Å²) in [7, 11) is 0. The van der Waals surface area contributed by atoms with Crippen LogP contribution >= 0.6 is 0 Å². The van der Waals surface area contributed by atoms with Crippen LogP contribution in [0, 0.1) is 0 Å². The molecule has 4 rings (SSSR count). The van der Waals surface area contributed by atoms with Gasteiger partial charge in [-0.1, -0.05) is 20.8 Å². The fourth-order valence-electron chi connectivity index (χ4n) is 5.76. The van der Waals surface area contributed by atoms with E-state index in [2.05, 4.69) is 30.9 Å². The molecule has 1 aromatic carbocycles. The van der Waals surface area contributed by atoms with E-state index in [1.165, 1.54) is 36.4 Å². The Morgan fingerprint density at radius 3 is 0.854 bits per heavy atom. The zero-order valence-electron chi connectivity index (χ0n) is 26.5. The molecule has 3 heterocycles. The topological polar surface area (TPSA) is 247 Å². The molecule has 0 saturated carbocycles. The zero-order valence-corrected chi connectivity index (χ0v) is 26.5. The number of aromatic carboxylic acids is 3. The first-order valence-corrected chi connectivity index (χ1v) is 15.2. The number of carbonyl (C=O) groups is 6. The second-order valence-corrected chi connectivity index (χ2v) is 10.8. The van der Waals surface area contributed by atoms with E-state index in [0.717, 1.165) is 33.4 Å². The van der Waals surface area contributed by atoms with Gasteiger partial charge in [0.05, 0.1) is 0 Å². The van der Waals surface area contributed by atoms with E-state index in [-0.39, 0.29) is 53.8 Å². The molecule has 0 radical (unpaired) electrons. The third kappa shape index (κ3) is 7.46. The molecule has 0 fully saturated rings. The van der Waals surface area contributed by atoms with Crippen LogP contribution in [0.15, 0.2) is 36.4 Å². The second-order valence-electron chi connectivity index (χ2n) is 10.8. The van der Waals surface area contributed by atoms with Gasteiger partial charge in [-0.05, 0) is 89.0 Å². The Morgan fingerprint density at radius 2 is 0.667 bits per heavy atom. The lowest BCUT2D eigenvalue weighted by molar-refractivity contribution is 0.0680. The second kappa shape index (κ2) is 15.0. The van der Waals surface area contributed by atoms with Crippen molar-refractivity contribution in [3.05, 3.63) is 104 Å². The minimum Gasteiger partial charge on any atom is -0.477 e. The number of rotatable bonds is 15. The van der Waals surface area contributed by atoms with Crippen LogP contribution in [0.1, 0.15) is 117 Å². The fourth-order valence-corrected chi connectivity index (χ4v) is 5.76. The molecule has 252 valence electrons. The molecule has 0 aliphatic rings. The van der Waals surface area contributed by atoms with Gasteiger partial charge in [0.2, 0.25) is 0 Å². The molecule has 4 aromatic rings. The molecule has 15 nitrogen and oxygen atoms in total. The summed E-state index contributed by atoms with van der Waals surface area (Å²) in [6.45, 7) is 5.96. The van der Waals surface area contributed by atoms with Gasteiger partial charge in [0.25, 0.3) is 17.7 Å². The number of nitrogens with one attached hydrogen (secondary N) is 6. The van der Waals surface area contributed by atoms with E-state index in [9.17, 15) is 44.1 Å². The van der Waals surface area contributed by atoms with Gasteiger partial charge in [-0.3, -0.25) is 14.4 Å². The Labute approximate surface area is 274 Å². The number of hydrogen-bond acceptors (Lipinski definition) is 6. The van der Waals surface area contributed by atoms with Crippen molar-refractivity contribution >= 4 is 35.6 Å². The fraction of sp³-hybridized carbons (Fsp3) is 0.273. The number of carbonyl (C=O) groups excluding carboxylic acids is 3. The van der Waals surface area contributed by atoms with Crippen LogP contribution < -0.4 is 16.0 Å². The van der Waals surface area contributed by atoms with E-state index in [4.69, 9.17) is 0 Å². The maximum absolute atomic E-state index is 13.0. The Kier molecular flexibility index (Phi) is 10.8. The van der Waals surface area contributed by atoms with Crippen molar-refractivity contribution in [1.82, 2.24) is 30.9 Å². The van der Waals surface area contributed by atoms with E-state index in [1.54, 1.807) is 0 Å². The Morgan fingerprint density at radius 1 is 0.438 bits per heavy atom. The molecule has 0 unspecified atom stereocenters. The standard InChI is InChI=1S/C33H36N6O9/c1-4-16-19(13-34-28(40)22-7-10-25(37-22)31(43)44)17(5-2)21(15-36-30(42)24-9-12-27(39-24)33(47)48)18(6-3)20(16)14-35-29(41)23-8-11-26(38-23)32(45)46/h7-12,37-39H,4-6,13-15H2,1-3H3,(H,34,40)(H,35,41)(H,36,42)(H,43,44)(H,45,46)(H,47,48). The predicted molar refractivity (Wildman–Crippen MR) is 171 cm³/mol. The van der Waals surface area contributed by atoms with Gasteiger partial charge in [-0.15, -0.1) is 0 Å². The number of carboxylic acids is 3. The SMILES string of the molecule is CCc1c(CNC(=O)c2ccc(C(=O)O)[nH]2)c(CC)c(CNC(=O)c2ccc(C(=O)O)[nH]2)c(CC)c1CNC(=O)c1ccc(C(=O)O)[nH]1. The monoisotopic (exact) mass is 660 g/mol. The largest absolute Gasteiger partial charge is 0.477 e. The smallest absolute Gasteiger partial charge is 0.352 e. The zero-order chi connectivity index (χ0) is 35.1. The molecule has 9 N–H and O–H groups in total. The van der Waals surface area contributed by atoms with Crippen LogP contribution in [0.25, 0.3) is 0 Å². The first-order chi connectivity index (χ1) is 22.9. The maximum Gasteiger partial charge on any atom is 0.352 e. The first kappa shape index (κ1) is 34.7. The highest BCUT2D eigenvalue weighted by atomic mass is 16.4. The Hall–Kier alpha value is -6.12. The molecule has 0 atom stereocenters. The number of aromatic nitrogens is 3. The van der Waals surface area contributed by atoms with Crippen LogP contribution in [0.3, 0.4) is 0 Å². The summed E-state index contributed by atoms with van der Waals surface area (Å²) in [5.41, 5.74) is 4.68. The number of benzene rings is 1. The highest BCUT2D eigenvalue weighted by molar-refractivity contribution is 5.96. The molecule has 0 spiro atoms. The van der Waals surface area contributed by atoms with Crippen molar-refractivity contribution in [2.24, 2.45) is 0 Å². The molecule has 0 aliphatic heterocycles. The van der Waals surface area contributed by atoms with Gasteiger partial charge >= 0.3 is 17.9 Å². The summed E-state index contributed by atoms with van der Waals surface area (Å²) in [6, 6.07) is 7.98. The van der Waals surface area contributed by atoms with Crippen molar-refractivity contribution in [3.63, 3.8) is 0 Å². The van der Waals surface area contributed by atoms with Crippen LogP contribution in [0.5, 0.6) is 0 Å². The average molecular weight is 661 g/mol. The molecular weight excluding hydrogens is 624 g/mol. The van der Waals surface area contributed by atoms with Crippen molar-refractivity contribution in [1.29, 1.82) is 0 Å². The van der Waals surface area contributed by atoms with Gasteiger partial charge in [-0.2, -0.15) is 0 Å². The third-order valence-corrected chi connectivity index (χ3v) is 8.01. The molecule has 15 heteroatoms. The van der Waals surface area contributed by atoms with Crippen LogP contribution in [0.2, 0.25) is 0 Å². The highest BCUT2D eigenvalue weighted by Crippen LogP contribution is 2.31. The van der Waals surface area contributed by atoms with Crippen LogP contribution in [-0.2, 0) is 38.9 Å². The Balaban J connectivity index is 1.73. The van der Waals surface area contributed by atoms with E-state index < -0.39 is 35.6 Å². The van der Waals surface area contributed by atoms with Crippen molar-refractivity contribution in [2.45, 2.75) is 59.7 Å². The molecule has 3 aromatic heterocycles. The first-order valence-electron chi connectivity index (χ1n) is 15.2. The summed E-state index contributed by atoms with van der Waals surface area (Å²) in [5, 5.41) is 36.3. The van der Waals surface area contributed by atoms with Crippen molar-refractivity contribution < 1.29 is 44.1 Å². The summed E-state index contributed by atoms with van der Waals surface area (Å²) in [5.74, 6) is -5.21. The van der Waals surface area contributed by atoms with E-state index in [0.29, 0.717) is 19.3 Å². The summed E-state index contributed by atoms with van der Waals surface area (Å²) in [6.07, 6.45) is 1.54. The lowest BCUT2D eigenvalue weighted by Gasteiger charge is -2.26. The lowest BCUT2D eigenvalue weighted by Crippen LogP contribution is -2.30. The normalized spacial score (nSPS) is 10.8. The number of aromatic amines is 3. The van der Waals surface area contributed by atoms with Crippen molar-refractivity contribution in [2.75, 3.05) is 0 Å². The minimum atomic E-state index is -1.21. The summed E-state index contributed by atoms with van der Waals surface area (Å²) < 4.78 is 0. The number of H-pyrrole nitrogens is 3. The molecule has 48 heavy (non-hydrogen) atoms. The van der Waals surface area contributed by atoms with Gasteiger partial charge < -0.3 is 46.2 Å². The molecule has 0 aliphatic carbocycles. The number of amides is 3. The predicted octanol–water partition coefficient (Wildman–Crippen LogP) is 3.24. The van der Waals surface area contributed by atoms with Gasteiger partial charge in [0, 0.05) is 19.6 Å². The van der Waals surface area contributed by atoms with Gasteiger partial charge in [-0.25, -0.2) is 14.4 Å². The molecular formula is C33H36N6O9. The van der Waals surface area contributed by atoms with Gasteiger partial charge in [0.15, 0.2) is 0 Å². The molecule has 0 saturated heterocycles. The van der Waals surface area contributed by atoms with E-state index in [1.807, 2.05) is 20.8 Å². The maximum atomic E-state index is 13.0. The number of carboxylic acid groups (broad SMARTS) is 3. The Bertz CT molecular complexity index is 1660. The third-order valence-electron chi connectivity index (χ3n) is 8.01. The van der Waals surface area contributed by atoms with Gasteiger partial charge in [0.1, 0.15) is 34.2 Å². The molecule has 0 bridgehead atoms. The quantitative estimate of drug-likeness (QED) is 0.0907. The summed E-state index contributed by atoms with van der Waals surface area (Å²) >= 11 is 0. The highest BCUT2D eigenvalue weighted by Gasteiger charge is 2.24. The minimum absolute atomic E-state index is 0.0513. The van der Waals surface area contributed by atoms with E-state index >= 15 is 0 Å². The summed E-state index contributed by atoms with van der Waals surface area (Å²) in [4.78, 5) is 80.8. The number of hydrogen-bond donors (Lipinski definition) is 9. The van der Waals surface area contributed by atoms with Crippen molar-refractivity contribution in [3.8, 4) is 0 Å². The molecule has 3 amide bonds. The van der Waals surface area contributed by atoms with Crippen LogP contribution in [-0.4, -0.2) is 65.9 Å².